The molecule has 0 aliphatic carbocycles. The maximum Gasteiger partial charge on any atom is 0.224 e. The molecule has 0 bridgehead atoms. The van der Waals surface area contributed by atoms with Gasteiger partial charge in [-0.05, 0) is 48.5 Å². The topological polar surface area (TPSA) is 38.7 Å². The molecule has 7 heteroatoms. The number of hydrogen-bond donors (Lipinski definition) is 0. The lowest BCUT2D eigenvalue weighted by Gasteiger charge is -2.02. The van der Waals surface area contributed by atoms with Crippen molar-refractivity contribution < 1.29 is 0 Å². The van der Waals surface area contributed by atoms with E-state index < -0.39 is 0 Å². The molecule has 0 spiro atoms. The van der Waals surface area contributed by atoms with Gasteiger partial charge in [-0.3, -0.25) is 0 Å². The molecule has 3 nitrogen and oxygen atoms in total. The summed E-state index contributed by atoms with van der Waals surface area (Å²) in [4.78, 5) is 14.8. The predicted molar refractivity (Wildman–Crippen MR) is 80.5 cm³/mol. The van der Waals surface area contributed by atoms with E-state index in [1.807, 2.05) is 13.0 Å². The van der Waals surface area contributed by atoms with Crippen LogP contribution in [0.15, 0.2) is 34.4 Å². The molecule has 0 fully saturated rings. The highest BCUT2D eigenvalue weighted by Gasteiger charge is 2.11. The maximum absolute atomic E-state index is 5.95. The molecule has 96 valence electrons. The molecule has 0 amide bonds. The van der Waals surface area contributed by atoms with E-state index in [2.05, 4.69) is 21.0 Å². The van der Waals surface area contributed by atoms with Gasteiger partial charge >= 0.3 is 0 Å². The van der Waals surface area contributed by atoms with Gasteiger partial charge in [0.15, 0.2) is 0 Å². The molecule has 0 radical (unpaired) electrons. The van der Waals surface area contributed by atoms with Crippen molar-refractivity contribution in [2.24, 2.45) is 0 Å². The van der Waals surface area contributed by atoms with Crippen LogP contribution in [0.3, 0.4) is 0 Å². The van der Waals surface area contributed by atoms with Crippen molar-refractivity contribution >= 4 is 56.5 Å². The number of halogens is 2. The van der Waals surface area contributed by atoms with Crippen molar-refractivity contribution in [3.63, 3.8) is 0 Å². The van der Waals surface area contributed by atoms with Crippen molar-refractivity contribution in [1.82, 2.24) is 15.0 Å². The number of rotatable bonds is 2. The van der Waals surface area contributed by atoms with Crippen molar-refractivity contribution in [1.29, 1.82) is 0 Å². The summed E-state index contributed by atoms with van der Waals surface area (Å²) >= 11 is 14.8. The van der Waals surface area contributed by atoms with Crippen molar-refractivity contribution in [3.05, 3.63) is 39.6 Å². The minimum Gasteiger partial charge on any atom is -0.248 e. The first kappa shape index (κ1) is 13.1. The minimum atomic E-state index is 0.255. The molecule has 19 heavy (non-hydrogen) atoms. The normalized spacial score (nSPS) is 11.1. The fraction of sp³-hybridized carbons (Fsp3) is 0.0833. The molecular formula is C12H7Cl2N3S2. The minimum absolute atomic E-state index is 0.255. The zero-order chi connectivity index (χ0) is 13.4. The summed E-state index contributed by atoms with van der Waals surface area (Å²) < 4.78 is 0. The number of thiophene rings is 1. The van der Waals surface area contributed by atoms with Gasteiger partial charge in [-0.15, -0.1) is 11.3 Å². The van der Waals surface area contributed by atoms with E-state index in [1.165, 1.54) is 16.6 Å². The van der Waals surface area contributed by atoms with Gasteiger partial charge in [-0.2, -0.15) is 0 Å². The number of nitrogens with zero attached hydrogens (tertiary/aromatic N) is 3. The Labute approximate surface area is 128 Å². The molecule has 0 saturated carbocycles. The second-order valence-corrected chi connectivity index (χ2v) is 6.81. The van der Waals surface area contributed by atoms with Gasteiger partial charge < -0.3 is 0 Å². The number of aryl methyl sites for hydroxylation is 1. The molecular weight excluding hydrogens is 321 g/mol. The lowest BCUT2D eigenvalue weighted by Crippen LogP contribution is -1.87. The van der Waals surface area contributed by atoms with Crippen LogP contribution in [0, 0.1) is 6.92 Å². The summed E-state index contributed by atoms with van der Waals surface area (Å²) in [7, 11) is 0. The highest BCUT2D eigenvalue weighted by Crippen LogP contribution is 2.35. The third kappa shape index (κ3) is 2.84. The molecule has 3 heterocycles. The molecule has 0 atom stereocenters. The Morgan fingerprint density at radius 3 is 2.79 bits per heavy atom. The Morgan fingerprint density at radius 2 is 2.05 bits per heavy atom. The zero-order valence-electron chi connectivity index (χ0n) is 9.72. The standard InChI is InChI=1S/C12H7Cl2N3S2/c1-6-4-8-10(18-6)16-12(14)17-11(8)19-9-3-2-7(13)5-15-9/h2-5H,1H3. The number of fused-ring (bicyclic) bond motifs is 1. The molecule has 3 aromatic heterocycles. The molecule has 0 aliphatic rings. The summed E-state index contributed by atoms with van der Waals surface area (Å²) in [5.74, 6) is 0. The molecule has 0 aromatic carbocycles. The first-order valence-electron chi connectivity index (χ1n) is 5.35. The van der Waals surface area contributed by atoms with Gasteiger partial charge in [0.1, 0.15) is 14.9 Å². The van der Waals surface area contributed by atoms with Crippen molar-refractivity contribution in [3.8, 4) is 0 Å². The Hall–Kier alpha value is -0.880. The lowest BCUT2D eigenvalue weighted by molar-refractivity contribution is 1.08. The van der Waals surface area contributed by atoms with Gasteiger partial charge in [0.2, 0.25) is 5.28 Å². The molecule has 0 saturated heterocycles. The lowest BCUT2D eigenvalue weighted by atomic mass is 10.4. The summed E-state index contributed by atoms with van der Waals surface area (Å²) in [6.45, 7) is 2.04. The van der Waals surface area contributed by atoms with Crippen LogP contribution in [-0.4, -0.2) is 15.0 Å². The molecule has 0 aliphatic heterocycles. The largest absolute Gasteiger partial charge is 0.248 e. The number of hydrogen-bond acceptors (Lipinski definition) is 5. The van der Waals surface area contributed by atoms with Crippen LogP contribution in [-0.2, 0) is 0 Å². The van der Waals surface area contributed by atoms with E-state index in [4.69, 9.17) is 23.2 Å². The van der Waals surface area contributed by atoms with E-state index in [0.29, 0.717) is 5.02 Å². The summed E-state index contributed by atoms with van der Waals surface area (Å²) in [6, 6.07) is 5.72. The quantitative estimate of drug-likeness (QED) is 0.498. The summed E-state index contributed by atoms with van der Waals surface area (Å²) in [5.41, 5.74) is 0. The fourth-order valence-electron chi connectivity index (χ4n) is 1.59. The Morgan fingerprint density at radius 1 is 1.21 bits per heavy atom. The van der Waals surface area contributed by atoms with E-state index in [0.717, 1.165) is 20.3 Å². The average molecular weight is 328 g/mol. The average Bonchev–Trinajstić information content (AvgIpc) is 2.72. The van der Waals surface area contributed by atoms with Crippen molar-refractivity contribution in [2.75, 3.05) is 0 Å². The van der Waals surface area contributed by atoms with E-state index in [1.54, 1.807) is 23.6 Å². The smallest absolute Gasteiger partial charge is 0.224 e. The van der Waals surface area contributed by atoms with Gasteiger partial charge in [0, 0.05) is 16.5 Å². The monoisotopic (exact) mass is 327 g/mol. The second kappa shape index (κ2) is 5.25. The Kier molecular flexibility index (Phi) is 3.62. The summed E-state index contributed by atoms with van der Waals surface area (Å²) in [5, 5.41) is 3.51. The molecule has 0 N–H and O–H groups in total. The Balaban J connectivity index is 2.06. The third-order valence-electron chi connectivity index (χ3n) is 2.36. The van der Waals surface area contributed by atoms with E-state index in [-0.39, 0.29) is 5.28 Å². The summed E-state index contributed by atoms with van der Waals surface area (Å²) in [6.07, 6.45) is 1.61. The Bertz CT molecular complexity index is 741. The SMILES string of the molecule is Cc1cc2c(Sc3ccc(Cl)cn3)nc(Cl)nc2s1. The van der Waals surface area contributed by atoms with E-state index >= 15 is 0 Å². The highest BCUT2D eigenvalue weighted by atomic mass is 35.5. The maximum atomic E-state index is 5.95. The number of pyridine rings is 1. The van der Waals surface area contributed by atoms with Gasteiger partial charge in [-0.25, -0.2) is 15.0 Å². The van der Waals surface area contributed by atoms with Gasteiger partial charge in [-0.1, -0.05) is 11.6 Å². The third-order valence-corrected chi connectivity index (χ3v) is 4.65. The van der Waals surface area contributed by atoms with Gasteiger partial charge in [0.05, 0.1) is 5.02 Å². The zero-order valence-corrected chi connectivity index (χ0v) is 12.9. The fourth-order valence-corrected chi connectivity index (χ4v) is 3.75. The van der Waals surface area contributed by atoms with Crippen molar-refractivity contribution in [2.45, 2.75) is 17.0 Å². The van der Waals surface area contributed by atoms with Crippen LogP contribution in [0.1, 0.15) is 4.88 Å². The van der Waals surface area contributed by atoms with Crippen LogP contribution < -0.4 is 0 Å². The molecule has 0 unspecified atom stereocenters. The van der Waals surface area contributed by atoms with Crippen LogP contribution >= 0.6 is 46.3 Å². The predicted octanol–water partition coefficient (Wildman–Crippen LogP) is 4.85. The van der Waals surface area contributed by atoms with Crippen LogP contribution in [0.25, 0.3) is 10.2 Å². The second-order valence-electron chi connectivity index (χ2n) is 3.79. The van der Waals surface area contributed by atoms with E-state index in [9.17, 15) is 0 Å². The molecule has 3 aromatic rings. The van der Waals surface area contributed by atoms with Crippen LogP contribution in [0.4, 0.5) is 0 Å². The number of aromatic nitrogens is 3. The van der Waals surface area contributed by atoms with Crippen LogP contribution in [0.5, 0.6) is 0 Å². The first-order valence-corrected chi connectivity index (χ1v) is 7.74. The van der Waals surface area contributed by atoms with Crippen LogP contribution in [0.2, 0.25) is 10.3 Å². The molecule has 3 rings (SSSR count). The van der Waals surface area contributed by atoms with Gasteiger partial charge in [0.25, 0.3) is 0 Å². The first-order chi connectivity index (χ1) is 9.11. The highest BCUT2D eigenvalue weighted by molar-refractivity contribution is 7.99.